The average Bonchev–Trinajstić information content (AvgIpc) is 2.85. The number of hydrogen-bond donors (Lipinski definition) is 1. The molecule has 2 N–H and O–H groups in total. The van der Waals surface area contributed by atoms with Gasteiger partial charge < -0.3 is 5.73 Å². The zero-order valence-electron chi connectivity index (χ0n) is 7.55. The number of nitrogens with two attached hydrogens (primary N) is 1. The Morgan fingerprint density at radius 2 is 2.38 bits per heavy atom. The molecule has 0 aliphatic heterocycles. The van der Waals surface area contributed by atoms with E-state index in [1.165, 1.54) is 0 Å². The summed E-state index contributed by atoms with van der Waals surface area (Å²) in [6.07, 6.45) is 3.63. The predicted octanol–water partition coefficient (Wildman–Crippen LogP) is 1.95. The lowest BCUT2D eigenvalue weighted by Gasteiger charge is -1.98. The first-order chi connectivity index (χ1) is 6.09. The first-order valence-corrected chi connectivity index (χ1v) is 4.92. The van der Waals surface area contributed by atoms with Crippen molar-refractivity contribution in [1.29, 1.82) is 5.26 Å². The zero-order valence-corrected chi connectivity index (χ0v) is 9.13. The molecule has 0 radical (unpaired) electrons. The van der Waals surface area contributed by atoms with Crippen molar-refractivity contribution in [3.63, 3.8) is 0 Å². The van der Waals surface area contributed by atoms with Gasteiger partial charge in [0.05, 0.1) is 22.5 Å². The molecular formula is C9H12BrN3. The third-order valence-electron chi connectivity index (χ3n) is 2.07. The SMILES string of the molecule is C/C(N)=C(\Br)C=NCC1(C#N)CC1. The van der Waals surface area contributed by atoms with Crippen LogP contribution in [0, 0.1) is 16.7 Å². The smallest absolute Gasteiger partial charge is 0.0769 e. The molecule has 0 unspecified atom stereocenters. The predicted molar refractivity (Wildman–Crippen MR) is 56.5 cm³/mol. The van der Waals surface area contributed by atoms with Crippen LogP contribution in [0.3, 0.4) is 0 Å². The van der Waals surface area contributed by atoms with Gasteiger partial charge in [0, 0.05) is 11.9 Å². The van der Waals surface area contributed by atoms with E-state index in [9.17, 15) is 0 Å². The quantitative estimate of drug-likeness (QED) is 0.768. The Labute approximate surface area is 86.5 Å². The van der Waals surface area contributed by atoms with E-state index in [4.69, 9.17) is 11.0 Å². The molecule has 1 aliphatic rings. The molecule has 0 atom stereocenters. The second-order valence-corrected chi connectivity index (χ2v) is 4.25. The topological polar surface area (TPSA) is 62.2 Å². The third-order valence-corrected chi connectivity index (χ3v) is 2.90. The molecule has 1 fully saturated rings. The molecular weight excluding hydrogens is 230 g/mol. The summed E-state index contributed by atoms with van der Waals surface area (Å²) in [5.74, 6) is 0. The van der Waals surface area contributed by atoms with Crippen molar-refractivity contribution in [3.05, 3.63) is 10.2 Å². The van der Waals surface area contributed by atoms with E-state index in [0.717, 1.165) is 17.3 Å². The van der Waals surface area contributed by atoms with Gasteiger partial charge in [0.25, 0.3) is 0 Å². The zero-order chi connectivity index (χ0) is 9.90. The molecule has 0 heterocycles. The number of aliphatic imine (C=N–C) groups is 1. The lowest BCUT2D eigenvalue weighted by molar-refractivity contribution is 0.687. The third kappa shape index (κ3) is 2.85. The number of allylic oxidation sites excluding steroid dienone is 2. The lowest BCUT2D eigenvalue weighted by atomic mass is 10.1. The summed E-state index contributed by atoms with van der Waals surface area (Å²) in [4.78, 5) is 4.17. The van der Waals surface area contributed by atoms with Gasteiger partial charge in [-0.05, 0) is 35.7 Å². The van der Waals surface area contributed by atoms with Crippen LogP contribution in [-0.2, 0) is 0 Å². The van der Waals surface area contributed by atoms with Gasteiger partial charge in [-0.1, -0.05) is 0 Å². The second-order valence-electron chi connectivity index (χ2n) is 3.39. The fourth-order valence-electron chi connectivity index (χ4n) is 0.859. The Morgan fingerprint density at radius 1 is 1.77 bits per heavy atom. The number of rotatable bonds is 3. The van der Waals surface area contributed by atoms with Crippen molar-refractivity contribution in [2.45, 2.75) is 19.8 Å². The van der Waals surface area contributed by atoms with Crippen LogP contribution in [0.5, 0.6) is 0 Å². The fourth-order valence-corrected chi connectivity index (χ4v) is 1.00. The van der Waals surface area contributed by atoms with Gasteiger partial charge in [-0.2, -0.15) is 5.26 Å². The fraction of sp³-hybridized carbons (Fsp3) is 0.556. The Morgan fingerprint density at radius 3 is 2.77 bits per heavy atom. The number of nitriles is 1. The monoisotopic (exact) mass is 241 g/mol. The van der Waals surface area contributed by atoms with Crippen LogP contribution >= 0.6 is 15.9 Å². The van der Waals surface area contributed by atoms with Gasteiger partial charge in [0.2, 0.25) is 0 Å². The minimum absolute atomic E-state index is 0.160. The van der Waals surface area contributed by atoms with Crippen LogP contribution in [0.15, 0.2) is 15.2 Å². The van der Waals surface area contributed by atoms with Crippen molar-refractivity contribution >= 4 is 22.1 Å². The molecule has 0 aromatic carbocycles. The van der Waals surface area contributed by atoms with Gasteiger partial charge in [0.15, 0.2) is 0 Å². The average molecular weight is 242 g/mol. The van der Waals surface area contributed by atoms with E-state index < -0.39 is 0 Å². The van der Waals surface area contributed by atoms with Crippen LogP contribution in [0.2, 0.25) is 0 Å². The molecule has 0 aromatic heterocycles. The Bertz CT molecular complexity index is 290. The molecule has 0 aromatic rings. The highest BCUT2D eigenvalue weighted by molar-refractivity contribution is 9.12. The van der Waals surface area contributed by atoms with E-state index in [0.29, 0.717) is 12.2 Å². The minimum Gasteiger partial charge on any atom is -0.401 e. The van der Waals surface area contributed by atoms with Gasteiger partial charge in [-0.3, -0.25) is 4.99 Å². The van der Waals surface area contributed by atoms with Crippen molar-refractivity contribution in [3.8, 4) is 6.07 Å². The van der Waals surface area contributed by atoms with E-state index >= 15 is 0 Å². The Balaban J connectivity index is 2.44. The second kappa shape index (κ2) is 3.93. The summed E-state index contributed by atoms with van der Waals surface area (Å²) in [5.41, 5.74) is 6.05. The first-order valence-electron chi connectivity index (χ1n) is 4.13. The summed E-state index contributed by atoms with van der Waals surface area (Å²) < 4.78 is 0.793. The van der Waals surface area contributed by atoms with Crippen molar-refractivity contribution in [1.82, 2.24) is 0 Å². The highest BCUT2D eigenvalue weighted by Gasteiger charge is 2.42. The summed E-state index contributed by atoms with van der Waals surface area (Å²) in [6.45, 7) is 2.39. The maximum Gasteiger partial charge on any atom is 0.0769 e. The van der Waals surface area contributed by atoms with E-state index in [-0.39, 0.29) is 5.41 Å². The van der Waals surface area contributed by atoms with Gasteiger partial charge in [-0.25, -0.2) is 0 Å². The van der Waals surface area contributed by atoms with Crippen LogP contribution in [0.1, 0.15) is 19.8 Å². The molecule has 4 heteroatoms. The van der Waals surface area contributed by atoms with E-state index in [2.05, 4.69) is 27.0 Å². The maximum atomic E-state index is 8.76. The van der Waals surface area contributed by atoms with Crippen molar-refractivity contribution < 1.29 is 0 Å². The summed E-state index contributed by atoms with van der Waals surface area (Å²) >= 11 is 3.27. The van der Waals surface area contributed by atoms with Crippen molar-refractivity contribution in [2.24, 2.45) is 16.1 Å². The maximum absolute atomic E-state index is 8.76. The molecule has 0 saturated heterocycles. The van der Waals surface area contributed by atoms with E-state index in [1.54, 1.807) is 13.1 Å². The van der Waals surface area contributed by atoms with Crippen LogP contribution in [0.4, 0.5) is 0 Å². The van der Waals surface area contributed by atoms with Gasteiger partial charge in [0.1, 0.15) is 0 Å². The van der Waals surface area contributed by atoms with Gasteiger partial charge in [-0.15, -0.1) is 0 Å². The molecule has 0 bridgehead atoms. The number of nitrogens with zero attached hydrogens (tertiary/aromatic N) is 2. The summed E-state index contributed by atoms with van der Waals surface area (Å²) in [7, 11) is 0. The van der Waals surface area contributed by atoms with Crippen molar-refractivity contribution in [2.75, 3.05) is 6.54 Å². The Hall–Kier alpha value is -0.820. The van der Waals surface area contributed by atoms with Crippen LogP contribution in [-0.4, -0.2) is 12.8 Å². The summed E-state index contributed by atoms with van der Waals surface area (Å²) in [5, 5.41) is 8.76. The number of halogens is 1. The standard InChI is InChI=1S/C9H12BrN3/c1-7(12)8(10)4-13-6-9(5-11)2-3-9/h4H,2-3,6,12H2,1H3/b8-7+,13-4?. The van der Waals surface area contributed by atoms with Gasteiger partial charge >= 0.3 is 0 Å². The number of hydrogen-bond acceptors (Lipinski definition) is 3. The van der Waals surface area contributed by atoms with E-state index in [1.807, 2.05) is 0 Å². The molecule has 70 valence electrons. The Kier molecular flexibility index (Phi) is 3.10. The highest BCUT2D eigenvalue weighted by Crippen LogP contribution is 2.44. The van der Waals surface area contributed by atoms with Crippen LogP contribution in [0.25, 0.3) is 0 Å². The summed E-state index contributed by atoms with van der Waals surface area (Å²) in [6, 6.07) is 2.28. The molecule has 0 spiro atoms. The molecule has 1 saturated carbocycles. The molecule has 1 rings (SSSR count). The largest absolute Gasteiger partial charge is 0.401 e. The molecule has 3 nitrogen and oxygen atoms in total. The molecule has 13 heavy (non-hydrogen) atoms. The lowest BCUT2D eigenvalue weighted by Crippen LogP contribution is -2.01. The minimum atomic E-state index is -0.160. The normalized spacial score (nSPS) is 21.0. The highest BCUT2D eigenvalue weighted by atomic mass is 79.9. The molecule has 1 aliphatic carbocycles. The molecule has 0 amide bonds. The first kappa shape index (κ1) is 10.3. The van der Waals surface area contributed by atoms with Crippen LogP contribution < -0.4 is 5.73 Å².